The molecule has 0 radical (unpaired) electrons. The van der Waals surface area contributed by atoms with Crippen LogP contribution in [-0.4, -0.2) is 10.2 Å². The van der Waals surface area contributed by atoms with Crippen molar-refractivity contribution < 1.29 is 10.2 Å². The Morgan fingerprint density at radius 2 is 1.87 bits per heavy atom. The van der Waals surface area contributed by atoms with Crippen LogP contribution in [0.15, 0.2) is 18.2 Å². The summed E-state index contributed by atoms with van der Waals surface area (Å²) in [7, 11) is 0. The zero-order chi connectivity index (χ0) is 11.6. The molecule has 0 amide bonds. The highest BCUT2D eigenvalue weighted by Gasteiger charge is 2.19. The standard InChI is InChI=1S/C13H20O2/c1-5-11(14)9-6-7-12(15)10(8-9)13(2,3)4/h6-8,11,14-15H,5H2,1-4H3. The van der Waals surface area contributed by atoms with Gasteiger partial charge in [0.15, 0.2) is 0 Å². The number of aliphatic hydroxyl groups excluding tert-OH is 1. The number of benzene rings is 1. The number of aliphatic hydroxyl groups is 1. The first kappa shape index (κ1) is 12.1. The third-order valence-electron chi connectivity index (χ3n) is 2.60. The molecule has 2 N–H and O–H groups in total. The van der Waals surface area contributed by atoms with Crippen LogP contribution < -0.4 is 0 Å². The minimum atomic E-state index is -0.438. The molecule has 0 heterocycles. The highest BCUT2D eigenvalue weighted by Crippen LogP contribution is 2.33. The van der Waals surface area contributed by atoms with Gasteiger partial charge in [0.25, 0.3) is 0 Å². The van der Waals surface area contributed by atoms with Crippen molar-refractivity contribution in [3.05, 3.63) is 29.3 Å². The molecule has 0 aromatic heterocycles. The summed E-state index contributed by atoms with van der Waals surface area (Å²) >= 11 is 0. The van der Waals surface area contributed by atoms with Gasteiger partial charge < -0.3 is 10.2 Å². The van der Waals surface area contributed by atoms with Gasteiger partial charge in [-0.3, -0.25) is 0 Å². The lowest BCUT2D eigenvalue weighted by molar-refractivity contribution is 0.173. The molecule has 0 aliphatic heterocycles. The van der Waals surface area contributed by atoms with E-state index in [1.807, 2.05) is 33.8 Å². The van der Waals surface area contributed by atoms with Crippen molar-refractivity contribution in [1.29, 1.82) is 0 Å². The van der Waals surface area contributed by atoms with Gasteiger partial charge in [-0.1, -0.05) is 33.8 Å². The zero-order valence-electron chi connectivity index (χ0n) is 9.91. The van der Waals surface area contributed by atoms with E-state index >= 15 is 0 Å². The molecule has 1 aromatic carbocycles. The van der Waals surface area contributed by atoms with Gasteiger partial charge in [0.1, 0.15) is 5.75 Å². The van der Waals surface area contributed by atoms with Crippen LogP contribution in [-0.2, 0) is 5.41 Å². The van der Waals surface area contributed by atoms with E-state index < -0.39 is 6.10 Å². The molecule has 0 bridgehead atoms. The van der Waals surface area contributed by atoms with E-state index in [1.165, 1.54) is 0 Å². The van der Waals surface area contributed by atoms with Gasteiger partial charge in [0.2, 0.25) is 0 Å². The first-order valence-corrected chi connectivity index (χ1v) is 5.37. The summed E-state index contributed by atoms with van der Waals surface area (Å²) in [5, 5.41) is 19.5. The Morgan fingerprint density at radius 3 is 2.33 bits per heavy atom. The summed E-state index contributed by atoms with van der Waals surface area (Å²) in [6.07, 6.45) is 0.251. The number of phenolic OH excluding ortho intramolecular Hbond substituents is 1. The Bertz CT molecular complexity index is 337. The molecule has 1 atom stereocenters. The SMILES string of the molecule is CCC(O)c1ccc(O)c(C(C)(C)C)c1. The summed E-state index contributed by atoms with van der Waals surface area (Å²) in [6, 6.07) is 5.33. The van der Waals surface area contributed by atoms with E-state index in [2.05, 4.69) is 0 Å². The fraction of sp³-hybridized carbons (Fsp3) is 0.538. The molecule has 1 aromatic rings. The second kappa shape index (κ2) is 4.23. The molecule has 2 heteroatoms. The van der Waals surface area contributed by atoms with Gasteiger partial charge in [-0.05, 0) is 35.1 Å². The fourth-order valence-corrected chi connectivity index (χ4v) is 1.60. The van der Waals surface area contributed by atoms with Crippen LogP contribution in [0.1, 0.15) is 51.3 Å². The minimum Gasteiger partial charge on any atom is -0.508 e. The van der Waals surface area contributed by atoms with Crippen LogP contribution in [0.2, 0.25) is 0 Å². The molecule has 0 aliphatic rings. The lowest BCUT2D eigenvalue weighted by Gasteiger charge is -2.22. The first-order valence-electron chi connectivity index (χ1n) is 5.37. The summed E-state index contributed by atoms with van der Waals surface area (Å²) in [5.41, 5.74) is 1.65. The lowest BCUT2D eigenvalue weighted by Crippen LogP contribution is -2.12. The van der Waals surface area contributed by atoms with Crippen LogP contribution in [0.5, 0.6) is 5.75 Å². The topological polar surface area (TPSA) is 40.5 Å². The molecular formula is C13H20O2. The van der Waals surface area contributed by atoms with Gasteiger partial charge in [-0.2, -0.15) is 0 Å². The second-order valence-corrected chi connectivity index (χ2v) is 4.95. The Kier molecular flexibility index (Phi) is 3.40. The molecular weight excluding hydrogens is 188 g/mol. The van der Waals surface area contributed by atoms with Crippen molar-refractivity contribution in [3.63, 3.8) is 0 Å². The Morgan fingerprint density at radius 1 is 1.27 bits per heavy atom. The fourth-order valence-electron chi connectivity index (χ4n) is 1.60. The highest BCUT2D eigenvalue weighted by atomic mass is 16.3. The Hall–Kier alpha value is -1.02. The van der Waals surface area contributed by atoms with Gasteiger partial charge in [-0.15, -0.1) is 0 Å². The number of hydrogen-bond acceptors (Lipinski definition) is 2. The maximum absolute atomic E-state index is 9.74. The molecule has 0 saturated carbocycles. The monoisotopic (exact) mass is 208 g/mol. The van der Waals surface area contributed by atoms with Gasteiger partial charge >= 0.3 is 0 Å². The summed E-state index contributed by atoms with van der Waals surface area (Å²) in [5.74, 6) is 0.301. The van der Waals surface area contributed by atoms with Crippen LogP contribution in [0.3, 0.4) is 0 Å². The second-order valence-electron chi connectivity index (χ2n) is 4.95. The molecule has 15 heavy (non-hydrogen) atoms. The van der Waals surface area contributed by atoms with Crippen molar-refractivity contribution in [2.75, 3.05) is 0 Å². The number of aromatic hydroxyl groups is 1. The van der Waals surface area contributed by atoms with E-state index in [9.17, 15) is 10.2 Å². The third kappa shape index (κ3) is 2.72. The maximum Gasteiger partial charge on any atom is 0.119 e. The largest absolute Gasteiger partial charge is 0.508 e. The summed E-state index contributed by atoms with van der Waals surface area (Å²) < 4.78 is 0. The molecule has 0 saturated heterocycles. The molecule has 0 spiro atoms. The highest BCUT2D eigenvalue weighted by molar-refractivity contribution is 5.41. The van der Waals surface area contributed by atoms with E-state index in [0.29, 0.717) is 12.2 Å². The van der Waals surface area contributed by atoms with E-state index in [0.717, 1.165) is 11.1 Å². The molecule has 0 fully saturated rings. The predicted octanol–water partition coefficient (Wildman–Crippen LogP) is 3.13. The maximum atomic E-state index is 9.74. The summed E-state index contributed by atoms with van der Waals surface area (Å²) in [4.78, 5) is 0. The molecule has 2 nitrogen and oxygen atoms in total. The van der Waals surface area contributed by atoms with Crippen molar-refractivity contribution in [2.45, 2.75) is 45.6 Å². The van der Waals surface area contributed by atoms with Crippen LogP contribution in [0.25, 0.3) is 0 Å². The molecule has 0 aliphatic carbocycles. The van der Waals surface area contributed by atoms with Crippen molar-refractivity contribution in [3.8, 4) is 5.75 Å². The van der Waals surface area contributed by atoms with Crippen LogP contribution in [0, 0.1) is 0 Å². The zero-order valence-corrected chi connectivity index (χ0v) is 9.91. The van der Waals surface area contributed by atoms with Crippen LogP contribution in [0.4, 0.5) is 0 Å². The van der Waals surface area contributed by atoms with Crippen molar-refractivity contribution in [2.24, 2.45) is 0 Å². The van der Waals surface area contributed by atoms with E-state index in [1.54, 1.807) is 12.1 Å². The van der Waals surface area contributed by atoms with Crippen molar-refractivity contribution >= 4 is 0 Å². The average Bonchev–Trinajstić information content (AvgIpc) is 2.15. The predicted molar refractivity (Wildman–Crippen MR) is 62.1 cm³/mol. The number of hydrogen-bond donors (Lipinski definition) is 2. The summed E-state index contributed by atoms with van der Waals surface area (Å²) in [6.45, 7) is 8.08. The number of phenols is 1. The smallest absolute Gasteiger partial charge is 0.119 e. The quantitative estimate of drug-likeness (QED) is 0.784. The van der Waals surface area contributed by atoms with Crippen molar-refractivity contribution in [1.82, 2.24) is 0 Å². The number of rotatable bonds is 2. The molecule has 1 unspecified atom stereocenters. The molecule has 84 valence electrons. The minimum absolute atomic E-state index is 0.104. The van der Waals surface area contributed by atoms with E-state index in [4.69, 9.17) is 0 Å². The molecule has 1 rings (SSSR count). The normalized spacial score (nSPS) is 13.9. The first-order chi connectivity index (χ1) is 6.86. The Labute approximate surface area is 91.6 Å². The third-order valence-corrected chi connectivity index (χ3v) is 2.60. The van der Waals surface area contributed by atoms with Gasteiger partial charge in [0.05, 0.1) is 6.10 Å². The average molecular weight is 208 g/mol. The van der Waals surface area contributed by atoms with E-state index in [-0.39, 0.29) is 5.41 Å². The lowest BCUT2D eigenvalue weighted by atomic mass is 9.84. The van der Waals surface area contributed by atoms with Gasteiger partial charge in [-0.25, -0.2) is 0 Å². The Balaban J connectivity index is 3.17. The van der Waals surface area contributed by atoms with Crippen LogP contribution >= 0.6 is 0 Å². The van der Waals surface area contributed by atoms with Gasteiger partial charge in [0, 0.05) is 0 Å².